The largest absolute Gasteiger partial charge is 0.478 e. The third kappa shape index (κ3) is 3.44. The number of carboxylic acids is 1. The molecule has 3 heterocycles. The fourth-order valence-corrected chi connectivity index (χ4v) is 3.25. The number of esters is 1. The van der Waals surface area contributed by atoms with Crippen molar-refractivity contribution in [1.82, 2.24) is 15.3 Å². The van der Waals surface area contributed by atoms with Gasteiger partial charge < -0.3 is 15.2 Å². The second-order valence-corrected chi connectivity index (χ2v) is 6.12. The Labute approximate surface area is 156 Å². The van der Waals surface area contributed by atoms with Crippen molar-refractivity contribution >= 4 is 17.5 Å². The molecule has 0 spiro atoms. The number of dihydropyridines is 1. The van der Waals surface area contributed by atoms with Gasteiger partial charge in [0.15, 0.2) is 0 Å². The Kier molecular flexibility index (Phi) is 5.03. The molecule has 27 heavy (non-hydrogen) atoms. The van der Waals surface area contributed by atoms with Crippen LogP contribution in [0.2, 0.25) is 0 Å². The lowest BCUT2D eigenvalue weighted by Crippen LogP contribution is -2.23. The zero-order valence-electron chi connectivity index (χ0n) is 15.2. The van der Waals surface area contributed by atoms with E-state index in [0.29, 0.717) is 22.5 Å². The van der Waals surface area contributed by atoms with Gasteiger partial charge in [0.25, 0.3) is 0 Å². The highest BCUT2D eigenvalue weighted by Gasteiger charge is 2.30. The fourth-order valence-electron chi connectivity index (χ4n) is 3.25. The molecule has 1 aliphatic rings. The Hall–Kier alpha value is -3.48. The van der Waals surface area contributed by atoms with E-state index in [1.165, 1.54) is 13.2 Å². The highest BCUT2D eigenvalue weighted by atomic mass is 16.5. The topological polar surface area (TPSA) is 101 Å². The van der Waals surface area contributed by atoms with E-state index in [-0.39, 0.29) is 5.56 Å². The molecular weight excluding hydrogens is 346 g/mol. The number of aromatic nitrogens is 2. The van der Waals surface area contributed by atoms with Crippen LogP contribution in [0.4, 0.5) is 0 Å². The van der Waals surface area contributed by atoms with Crippen molar-refractivity contribution in [3.05, 3.63) is 76.6 Å². The van der Waals surface area contributed by atoms with Crippen molar-refractivity contribution in [2.45, 2.75) is 19.8 Å². The van der Waals surface area contributed by atoms with Crippen LogP contribution in [0.3, 0.4) is 0 Å². The van der Waals surface area contributed by atoms with Crippen LogP contribution in [0.15, 0.2) is 54.1 Å². The molecule has 1 atom stereocenters. The molecule has 0 amide bonds. The van der Waals surface area contributed by atoms with Gasteiger partial charge in [-0.15, -0.1) is 0 Å². The number of aromatic carboxylic acids is 1. The van der Waals surface area contributed by atoms with Gasteiger partial charge in [-0.05, 0) is 38.1 Å². The molecule has 1 unspecified atom stereocenters. The Balaban J connectivity index is 2.24. The number of allylic oxidation sites excluding steroid dienone is 4. The zero-order valence-corrected chi connectivity index (χ0v) is 15.2. The lowest BCUT2D eigenvalue weighted by Gasteiger charge is -2.27. The van der Waals surface area contributed by atoms with E-state index < -0.39 is 17.9 Å². The quantitative estimate of drug-likeness (QED) is 0.803. The summed E-state index contributed by atoms with van der Waals surface area (Å²) >= 11 is 0. The SMILES string of the molecule is COC(=O)c1cccnc1C1C=C(C)NC(C)=C1c1ncccc1C(=O)O. The number of carbonyl (C=O) groups is 2. The van der Waals surface area contributed by atoms with E-state index in [1.54, 1.807) is 30.6 Å². The van der Waals surface area contributed by atoms with Gasteiger partial charge >= 0.3 is 11.9 Å². The minimum atomic E-state index is -1.07. The summed E-state index contributed by atoms with van der Waals surface area (Å²) < 4.78 is 4.88. The summed E-state index contributed by atoms with van der Waals surface area (Å²) in [6.07, 6.45) is 5.04. The van der Waals surface area contributed by atoms with Gasteiger partial charge in [0, 0.05) is 29.4 Å². The number of rotatable bonds is 4. The third-order valence-corrected chi connectivity index (χ3v) is 4.35. The van der Waals surface area contributed by atoms with E-state index in [2.05, 4.69) is 15.3 Å². The molecule has 0 saturated heterocycles. The smallest absolute Gasteiger partial charge is 0.339 e. The van der Waals surface area contributed by atoms with Crippen molar-refractivity contribution in [2.75, 3.05) is 7.11 Å². The van der Waals surface area contributed by atoms with Gasteiger partial charge in [-0.1, -0.05) is 6.08 Å². The lowest BCUT2D eigenvalue weighted by molar-refractivity contribution is 0.0597. The van der Waals surface area contributed by atoms with Crippen molar-refractivity contribution in [3.63, 3.8) is 0 Å². The highest BCUT2D eigenvalue weighted by Crippen LogP contribution is 2.39. The van der Waals surface area contributed by atoms with E-state index in [9.17, 15) is 14.7 Å². The monoisotopic (exact) mass is 365 g/mol. The number of ether oxygens (including phenoxy) is 1. The highest BCUT2D eigenvalue weighted by molar-refractivity contribution is 5.96. The van der Waals surface area contributed by atoms with Crippen LogP contribution >= 0.6 is 0 Å². The van der Waals surface area contributed by atoms with Crippen LogP contribution in [0.1, 0.15) is 51.9 Å². The van der Waals surface area contributed by atoms with Gasteiger partial charge in [0.05, 0.1) is 35.5 Å². The number of methoxy groups -OCH3 is 1. The summed E-state index contributed by atoms with van der Waals surface area (Å²) in [5.74, 6) is -2.02. The summed E-state index contributed by atoms with van der Waals surface area (Å²) in [4.78, 5) is 32.7. The Morgan fingerprint density at radius 3 is 2.44 bits per heavy atom. The fraction of sp³-hybridized carbons (Fsp3) is 0.200. The zero-order chi connectivity index (χ0) is 19.6. The summed E-state index contributed by atoms with van der Waals surface area (Å²) in [5.41, 5.74) is 3.52. The summed E-state index contributed by atoms with van der Waals surface area (Å²) in [6, 6.07) is 6.39. The van der Waals surface area contributed by atoms with Gasteiger partial charge in [-0.3, -0.25) is 9.97 Å². The van der Waals surface area contributed by atoms with Gasteiger partial charge in [-0.2, -0.15) is 0 Å². The standard InChI is InChI=1S/C20H19N3O4/c1-11-10-15(17-14(20(26)27-3)7-5-8-21-17)16(12(2)23-11)18-13(19(24)25)6-4-9-22-18/h4-10,15,23H,1-3H3,(H,24,25). The molecule has 0 fully saturated rings. The van der Waals surface area contributed by atoms with Crippen molar-refractivity contribution in [1.29, 1.82) is 0 Å². The molecule has 1 aliphatic heterocycles. The van der Waals surface area contributed by atoms with Crippen LogP contribution in [-0.2, 0) is 4.74 Å². The van der Waals surface area contributed by atoms with Crippen LogP contribution in [0, 0.1) is 0 Å². The molecule has 2 N–H and O–H groups in total. The van der Waals surface area contributed by atoms with Crippen LogP contribution in [0.25, 0.3) is 5.57 Å². The Morgan fingerprint density at radius 1 is 1.11 bits per heavy atom. The minimum absolute atomic E-state index is 0.0853. The maximum atomic E-state index is 12.2. The molecule has 0 bridgehead atoms. The predicted octanol–water partition coefficient (Wildman–Crippen LogP) is 2.98. The van der Waals surface area contributed by atoms with Crippen LogP contribution in [0.5, 0.6) is 0 Å². The summed E-state index contributed by atoms with van der Waals surface area (Å²) in [6.45, 7) is 3.74. The number of carboxylic acid groups (broad SMARTS) is 1. The van der Waals surface area contributed by atoms with Gasteiger partial charge in [0.2, 0.25) is 0 Å². The molecular formula is C20H19N3O4. The lowest BCUT2D eigenvalue weighted by atomic mass is 9.84. The molecule has 0 saturated carbocycles. The number of pyridine rings is 2. The maximum Gasteiger partial charge on any atom is 0.339 e. The molecule has 2 aromatic heterocycles. The first kappa shape index (κ1) is 18.3. The van der Waals surface area contributed by atoms with Crippen molar-refractivity contribution in [2.24, 2.45) is 0 Å². The molecule has 7 nitrogen and oxygen atoms in total. The van der Waals surface area contributed by atoms with E-state index in [1.807, 2.05) is 19.9 Å². The maximum absolute atomic E-state index is 12.2. The third-order valence-electron chi connectivity index (χ3n) is 4.35. The van der Waals surface area contributed by atoms with E-state index in [4.69, 9.17) is 4.74 Å². The second-order valence-electron chi connectivity index (χ2n) is 6.12. The molecule has 7 heteroatoms. The number of hydrogen-bond acceptors (Lipinski definition) is 6. The van der Waals surface area contributed by atoms with Crippen LogP contribution in [-0.4, -0.2) is 34.1 Å². The van der Waals surface area contributed by atoms with Crippen molar-refractivity contribution in [3.8, 4) is 0 Å². The molecule has 0 aliphatic carbocycles. The number of hydrogen-bond donors (Lipinski definition) is 2. The molecule has 0 aromatic carbocycles. The average Bonchev–Trinajstić information content (AvgIpc) is 2.66. The predicted molar refractivity (Wildman–Crippen MR) is 99.0 cm³/mol. The summed E-state index contributed by atoms with van der Waals surface area (Å²) in [7, 11) is 1.31. The first-order chi connectivity index (χ1) is 12.9. The molecule has 3 rings (SSSR count). The van der Waals surface area contributed by atoms with E-state index >= 15 is 0 Å². The Bertz CT molecular complexity index is 979. The Morgan fingerprint density at radius 2 is 1.78 bits per heavy atom. The van der Waals surface area contributed by atoms with E-state index in [0.717, 1.165) is 11.4 Å². The first-order valence-electron chi connectivity index (χ1n) is 8.32. The number of nitrogens with zero attached hydrogens (tertiary/aromatic N) is 2. The van der Waals surface area contributed by atoms with Gasteiger partial charge in [0.1, 0.15) is 0 Å². The number of nitrogens with one attached hydrogen (secondary N) is 1. The average molecular weight is 365 g/mol. The minimum Gasteiger partial charge on any atom is -0.478 e. The van der Waals surface area contributed by atoms with Crippen molar-refractivity contribution < 1.29 is 19.4 Å². The van der Waals surface area contributed by atoms with Gasteiger partial charge in [-0.25, -0.2) is 9.59 Å². The number of carbonyl (C=O) groups excluding carboxylic acids is 1. The summed E-state index contributed by atoms with van der Waals surface area (Å²) in [5, 5.41) is 12.8. The molecule has 2 aromatic rings. The normalized spacial score (nSPS) is 16.4. The molecule has 138 valence electrons. The second kappa shape index (κ2) is 7.41. The first-order valence-corrected chi connectivity index (χ1v) is 8.32. The molecule has 0 radical (unpaired) electrons. The van der Waals surface area contributed by atoms with Crippen LogP contribution < -0.4 is 5.32 Å².